The highest BCUT2D eigenvalue weighted by molar-refractivity contribution is 5.71. The minimum Gasteiger partial charge on any atom is -0.410 e. The summed E-state index contributed by atoms with van der Waals surface area (Å²) in [6.07, 6.45) is 0.600. The van der Waals surface area contributed by atoms with Crippen LogP contribution in [0.15, 0.2) is 60.7 Å². The SMILES string of the molecule is O=C(NC1CC1c1ccccc1)Oc1ccccc1.[HH]. The average molecular weight is 255 g/mol. The van der Waals surface area contributed by atoms with Crippen LogP contribution >= 0.6 is 0 Å². The molecule has 0 spiro atoms. The number of carbonyl (C=O) groups excluding carboxylic acids is 1. The van der Waals surface area contributed by atoms with Gasteiger partial charge in [-0.15, -0.1) is 0 Å². The van der Waals surface area contributed by atoms with Crippen LogP contribution in [0.25, 0.3) is 0 Å². The molecule has 1 aliphatic carbocycles. The van der Waals surface area contributed by atoms with Crippen LogP contribution in [0, 0.1) is 0 Å². The second-order valence-corrected chi connectivity index (χ2v) is 4.71. The zero-order chi connectivity index (χ0) is 13.1. The second kappa shape index (κ2) is 5.14. The first-order chi connectivity index (χ1) is 9.33. The third kappa shape index (κ3) is 2.94. The molecule has 0 aliphatic heterocycles. The Hall–Kier alpha value is -2.29. The quantitative estimate of drug-likeness (QED) is 0.910. The number of hydrogen-bond acceptors (Lipinski definition) is 2. The summed E-state index contributed by atoms with van der Waals surface area (Å²) in [5.41, 5.74) is 1.27. The lowest BCUT2D eigenvalue weighted by molar-refractivity contribution is 0.200. The van der Waals surface area contributed by atoms with Crippen molar-refractivity contribution in [3.8, 4) is 5.75 Å². The first kappa shape index (κ1) is 11.8. The highest BCUT2D eigenvalue weighted by Crippen LogP contribution is 2.40. The summed E-state index contributed by atoms with van der Waals surface area (Å²) >= 11 is 0. The van der Waals surface area contributed by atoms with E-state index in [0.717, 1.165) is 6.42 Å². The van der Waals surface area contributed by atoms with Crippen molar-refractivity contribution in [2.45, 2.75) is 18.4 Å². The molecule has 3 rings (SSSR count). The van der Waals surface area contributed by atoms with Gasteiger partial charge in [0.15, 0.2) is 0 Å². The minimum atomic E-state index is -0.380. The Balaban J connectivity index is 0.00000147. The molecule has 98 valence electrons. The van der Waals surface area contributed by atoms with Gasteiger partial charge in [0.25, 0.3) is 0 Å². The van der Waals surface area contributed by atoms with Crippen LogP contribution < -0.4 is 10.1 Å². The first-order valence-electron chi connectivity index (χ1n) is 6.41. The van der Waals surface area contributed by atoms with Crippen molar-refractivity contribution in [1.29, 1.82) is 0 Å². The van der Waals surface area contributed by atoms with Crippen molar-refractivity contribution in [3.05, 3.63) is 66.2 Å². The van der Waals surface area contributed by atoms with Gasteiger partial charge in [-0.25, -0.2) is 4.79 Å². The summed E-state index contributed by atoms with van der Waals surface area (Å²) in [7, 11) is 0. The fourth-order valence-electron chi connectivity index (χ4n) is 2.20. The molecule has 0 heterocycles. The number of rotatable bonds is 3. The van der Waals surface area contributed by atoms with Crippen molar-refractivity contribution in [1.82, 2.24) is 5.32 Å². The Kier molecular flexibility index (Phi) is 3.19. The minimum absolute atomic E-state index is 0. The van der Waals surface area contributed by atoms with E-state index in [4.69, 9.17) is 4.74 Å². The van der Waals surface area contributed by atoms with Crippen molar-refractivity contribution < 1.29 is 11.0 Å². The lowest BCUT2D eigenvalue weighted by atomic mass is 10.1. The molecular weight excluding hydrogens is 238 g/mol. The molecule has 1 amide bonds. The van der Waals surface area contributed by atoms with Crippen LogP contribution in [-0.2, 0) is 0 Å². The van der Waals surface area contributed by atoms with Crippen LogP contribution in [0.3, 0.4) is 0 Å². The van der Waals surface area contributed by atoms with Gasteiger partial charge in [0.2, 0.25) is 0 Å². The third-order valence-corrected chi connectivity index (χ3v) is 3.28. The number of nitrogens with one attached hydrogen (secondary N) is 1. The summed E-state index contributed by atoms with van der Waals surface area (Å²) in [6, 6.07) is 19.5. The molecule has 2 aromatic rings. The van der Waals surface area contributed by atoms with Crippen LogP contribution in [-0.4, -0.2) is 12.1 Å². The van der Waals surface area contributed by atoms with E-state index in [0.29, 0.717) is 11.7 Å². The number of para-hydroxylation sites is 1. The van der Waals surface area contributed by atoms with Crippen LogP contribution in [0.1, 0.15) is 19.3 Å². The Morgan fingerprint density at radius 3 is 2.37 bits per heavy atom. The molecule has 1 N–H and O–H groups in total. The monoisotopic (exact) mass is 255 g/mol. The standard InChI is InChI=1S/C16H15NO2.H2/c18-16(19-13-9-5-2-6-10-13)17-15-11-14(15)12-7-3-1-4-8-12;/h1-10,14-15H,11H2,(H,17,18);1H. The van der Waals surface area contributed by atoms with Gasteiger partial charge in [-0.05, 0) is 24.1 Å². The molecule has 0 bridgehead atoms. The Labute approximate surface area is 113 Å². The fraction of sp³-hybridized carbons (Fsp3) is 0.188. The molecule has 0 aromatic heterocycles. The van der Waals surface area contributed by atoms with Gasteiger partial charge < -0.3 is 10.1 Å². The summed E-state index contributed by atoms with van der Waals surface area (Å²) in [4.78, 5) is 11.7. The van der Waals surface area contributed by atoms with Gasteiger partial charge in [0.05, 0.1) is 0 Å². The summed E-state index contributed by atoms with van der Waals surface area (Å²) in [6.45, 7) is 0. The maximum absolute atomic E-state index is 11.7. The Bertz CT molecular complexity index is 559. The number of carbonyl (C=O) groups is 1. The summed E-state index contributed by atoms with van der Waals surface area (Å²) < 4.78 is 5.20. The van der Waals surface area contributed by atoms with Gasteiger partial charge in [0.1, 0.15) is 5.75 Å². The van der Waals surface area contributed by atoms with Crippen molar-refractivity contribution in [2.24, 2.45) is 0 Å². The average Bonchev–Trinajstić information content (AvgIpc) is 3.20. The van der Waals surface area contributed by atoms with E-state index in [1.807, 2.05) is 36.4 Å². The maximum atomic E-state index is 11.7. The van der Waals surface area contributed by atoms with E-state index in [-0.39, 0.29) is 13.6 Å². The van der Waals surface area contributed by atoms with E-state index in [2.05, 4.69) is 17.4 Å². The smallest absolute Gasteiger partial charge is 0.410 e. The largest absolute Gasteiger partial charge is 0.412 e. The molecule has 3 nitrogen and oxygen atoms in total. The topological polar surface area (TPSA) is 38.3 Å². The molecule has 19 heavy (non-hydrogen) atoms. The lowest BCUT2D eigenvalue weighted by Gasteiger charge is -2.06. The van der Waals surface area contributed by atoms with E-state index >= 15 is 0 Å². The molecule has 0 radical (unpaired) electrons. The van der Waals surface area contributed by atoms with E-state index < -0.39 is 0 Å². The first-order valence-corrected chi connectivity index (χ1v) is 6.41. The van der Waals surface area contributed by atoms with Crippen LogP contribution in [0.5, 0.6) is 5.75 Å². The molecule has 0 saturated heterocycles. The normalized spacial score (nSPS) is 20.6. The number of benzene rings is 2. The summed E-state index contributed by atoms with van der Waals surface area (Å²) in [5, 5.41) is 2.89. The van der Waals surface area contributed by atoms with Crippen LogP contribution in [0.4, 0.5) is 4.79 Å². The highest BCUT2D eigenvalue weighted by Gasteiger charge is 2.39. The van der Waals surface area contributed by atoms with E-state index in [1.54, 1.807) is 12.1 Å². The number of ether oxygens (including phenoxy) is 1. The molecule has 2 aromatic carbocycles. The predicted octanol–water partition coefficient (Wildman–Crippen LogP) is 3.58. The van der Waals surface area contributed by atoms with Crippen molar-refractivity contribution >= 4 is 6.09 Å². The molecule has 1 fully saturated rings. The zero-order valence-corrected chi connectivity index (χ0v) is 10.5. The molecule has 3 heteroatoms. The molecular formula is C16H17NO2. The third-order valence-electron chi connectivity index (χ3n) is 3.28. The van der Waals surface area contributed by atoms with E-state index in [9.17, 15) is 4.79 Å². The second-order valence-electron chi connectivity index (χ2n) is 4.71. The van der Waals surface area contributed by atoms with Gasteiger partial charge in [-0.2, -0.15) is 0 Å². The van der Waals surface area contributed by atoms with E-state index in [1.165, 1.54) is 5.56 Å². The van der Waals surface area contributed by atoms with Gasteiger partial charge in [0, 0.05) is 13.4 Å². The fourth-order valence-corrected chi connectivity index (χ4v) is 2.20. The number of hydrogen-bond donors (Lipinski definition) is 1. The molecule has 1 aliphatic rings. The predicted molar refractivity (Wildman–Crippen MR) is 75.3 cm³/mol. The van der Waals surface area contributed by atoms with Gasteiger partial charge in [-0.1, -0.05) is 48.5 Å². The Morgan fingerprint density at radius 2 is 1.68 bits per heavy atom. The van der Waals surface area contributed by atoms with Gasteiger partial charge >= 0.3 is 6.09 Å². The zero-order valence-electron chi connectivity index (χ0n) is 10.5. The van der Waals surface area contributed by atoms with Crippen LogP contribution in [0.2, 0.25) is 0 Å². The van der Waals surface area contributed by atoms with Crippen molar-refractivity contribution in [2.75, 3.05) is 0 Å². The maximum Gasteiger partial charge on any atom is 0.412 e. The lowest BCUT2D eigenvalue weighted by Crippen LogP contribution is -2.29. The summed E-state index contributed by atoms with van der Waals surface area (Å²) in [5.74, 6) is 0.987. The molecule has 2 atom stereocenters. The molecule has 2 unspecified atom stereocenters. The number of amides is 1. The highest BCUT2D eigenvalue weighted by atomic mass is 16.6. The van der Waals surface area contributed by atoms with Crippen molar-refractivity contribution in [3.63, 3.8) is 0 Å². The Morgan fingerprint density at radius 1 is 1.05 bits per heavy atom. The molecule has 1 saturated carbocycles. The van der Waals surface area contributed by atoms with Gasteiger partial charge in [-0.3, -0.25) is 0 Å².